The summed E-state index contributed by atoms with van der Waals surface area (Å²) in [7, 11) is 0. The van der Waals surface area contributed by atoms with Gasteiger partial charge in [0.25, 0.3) is 0 Å². The predicted molar refractivity (Wildman–Crippen MR) is 89.8 cm³/mol. The average Bonchev–Trinajstić information content (AvgIpc) is 2.91. The Labute approximate surface area is 126 Å². The maximum absolute atomic E-state index is 5.81. The largest absolute Gasteiger partial charge is 0.271 e. The van der Waals surface area contributed by atoms with Crippen molar-refractivity contribution in [3.05, 3.63) is 35.2 Å². The highest BCUT2D eigenvalue weighted by atomic mass is 32.1. The third kappa shape index (κ3) is 3.81. The predicted octanol–water partition coefficient (Wildman–Crippen LogP) is 5.01. The van der Waals surface area contributed by atoms with Gasteiger partial charge >= 0.3 is 0 Å². The lowest BCUT2D eigenvalue weighted by molar-refractivity contribution is 0.359. The molecule has 2 aromatic rings. The Morgan fingerprint density at radius 2 is 2.05 bits per heavy atom. The van der Waals surface area contributed by atoms with Gasteiger partial charge in [-0.15, -0.1) is 11.3 Å². The first-order chi connectivity index (χ1) is 9.78. The molecule has 0 fully saturated rings. The molecule has 0 saturated carbocycles. The lowest BCUT2D eigenvalue weighted by Crippen LogP contribution is -2.29. The van der Waals surface area contributed by atoms with Crippen LogP contribution in [0.5, 0.6) is 0 Å². The van der Waals surface area contributed by atoms with Crippen molar-refractivity contribution in [2.24, 2.45) is 11.8 Å². The van der Waals surface area contributed by atoms with E-state index in [-0.39, 0.29) is 6.04 Å². The molecule has 2 unspecified atom stereocenters. The van der Waals surface area contributed by atoms with Gasteiger partial charge in [-0.3, -0.25) is 11.3 Å². The molecule has 3 N–H and O–H groups in total. The monoisotopic (exact) mass is 290 g/mol. The second kappa shape index (κ2) is 7.77. The molecule has 0 aliphatic carbocycles. The summed E-state index contributed by atoms with van der Waals surface area (Å²) in [6, 6.07) is 11.1. The lowest BCUT2D eigenvalue weighted by atomic mass is 9.91. The second-order valence-corrected chi connectivity index (χ2v) is 6.67. The fourth-order valence-corrected chi connectivity index (χ4v) is 3.89. The summed E-state index contributed by atoms with van der Waals surface area (Å²) >= 11 is 1.86. The molecule has 1 heterocycles. The number of nitrogens with two attached hydrogens (primary N) is 1. The van der Waals surface area contributed by atoms with Gasteiger partial charge in [-0.2, -0.15) is 0 Å². The number of hydrazine groups is 1. The van der Waals surface area contributed by atoms with E-state index in [0.717, 1.165) is 12.3 Å². The summed E-state index contributed by atoms with van der Waals surface area (Å²) < 4.78 is 1.35. The lowest BCUT2D eigenvalue weighted by Gasteiger charge is -2.21. The number of benzene rings is 1. The number of nitrogens with one attached hydrogen (secondary N) is 1. The minimum Gasteiger partial charge on any atom is -0.271 e. The van der Waals surface area contributed by atoms with E-state index < -0.39 is 0 Å². The molecule has 2 atom stereocenters. The van der Waals surface area contributed by atoms with Crippen molar-refractivity contribution in [1.29, 1.82) is 0 Å². The SMILES string of the molecule is CCCCC(CC)CC(NN)c1cc2ccccc2s1. The molecule has 0 spiro atoms. The molecule has 0 saturated heterocycles. The third-order valence-corrected chi connectivity index (χ3v) is 5.33. The Morgan fingerprint density at radius 1 is 1.25 bits per heavy atom. The molecule has 3 heteroatoms. The van der Waals surface area contributed by atoms with Crippen LogP contribution in [0.1, 0.15) is 56.9 Å². The van der Waals surface area contributed by atoms with E-state index in [1.54, 1.807) is 0 Å². The fourth-order valence-electron chi connectivity index (χ4n) is 2.76. The minimum absolute atomic E-state index is 0.286. The zero-order valence-electron chi connectivity index (χ0n) is 12.6. The Kier molecular flexibility index (Phi) is 6.02. The molecule has 2 nitrogen and oxygen atoms in total. The molecule has 0 aliphatic heterocycles. The number of rotatable bonds is 8. The van der Waals surface area contributed by atoms with Crippen LogP contribution in [0.15, 0.2) is 30.3 Å². The summed E-state index contributed by atoms with van der Waals surface area (Å²) in [6.45, 7) is 4.55. The zero-order valence-corrected chi connectivity index (χ0v) is 13.4. The summed E-state index contributed by atoms with van der Waals surface area (Å²) in [5, 5.41) is 1.33. The minimum atomic E-state index is 0.286. The molecular formula is C17H26N2S. The molecule has 0 radical (unpaired) electrons. The third-order valence-electron chi connectivity index (χ3n) is 4.10. The molecule has 1 aromatic heterocycles. The molecule has 0 amide bonds. The van der Waals surface area contributed by atoms with Gasteiger partial charge in [-0.05, 0) is 29.9 Å². The molecule has 2 rings (SSSR count). The summed E-state index contributed by atoms with van der Waals surface area (Å²) in [6.07, 6.45) is 6.29. The van der Waals surface area contributed by atoms with Crippen molar-refractivity contribution in [3.63, 3.8) is 0 Å². The van der Waals surface area contributed by atoms with Gasteiger partial charge in [0, 0.05) is 9.58 Å². The van der Waals surface area contributed by atoms with Gasteiger partial charge in [0.1, 0.15) is 0 Å². The summed E-state index contributed by atoms with van der Waals surface area (Å²) in [5.41, 5.74) is 3.03. The van der Waals surface area contributed by atoms with Crippen LogP contribution in [-0.2, 0) is 0 Å². The van der Waals surface area contributed by atoms with Gasteiger partial charge in [0.2, 0.25) is 0 Å². The summed E-state index contributed by atoms with van der Waals surface area (Å²) in [4.78, 5) is 1.36. The highest BCUT2D eigenvalue weighted by molar-refractivity contribution is 7.19. The highest BCUT2D eigenvalue weighted by Gasteiger charge is 2.17. The van der Waals surface area contributed by atoms with Gasteiger partial charge < -0.3 is 0 Å². The molecule has 110 valence electrons. The number of hydrogen-bond donors (Lipinski definition) is 2. The Hall–Kier alpha value is -0.900. The molecule has 20 heavy (non-hydrogen) atoms. The standard InChI is InChI=1S/C17H26N2S/c1-3-5-8-13(4-2)11-15(19-18)17-12-14-9-6-7-10-16(14)20-17/h6-7,9-10,12-13,15,19H,3-5,8,11,18H2,1-2H3. The van der Waals surface area contributed by atoms with E-state index in [9.17, 15) is 0 Å². The Balaban J connectivity index is 2.10. The van der Waals surface area contributed by atoms with Crippen LogP contribution in [0.3, 0.4) is 0 Å². The van der Waals surface area contributed by atoms with Crippen LogP contribution in [0.25, 0.3) is 10.1 Å². The van der Waals surface area contributed by atoms with Crippen LogP contribution < -0.4 is 11.3 Å². The van der Waals surface area contributed by atoms with E-state index in [2.05, 4.69) is 49.6 Å². The Bertz CT molecular complexity index is 487. The van der Waals surface area contributed by atoms with Crippen LogP contribution >= 0.6 is 11.3 Å². The van der Waals surface area contributed by atoms with Crippen LogP contribution in [0.2, 0.25) is 0 Å². The molecular weight excluding hydrogens is 264 g/mol. The average molecular weight is 290 g/mol. The molecule has 0 aliphatic rings. The fraction of sp³-hybridized carbons (Fsp3) is 0.529. The smallest absolute Gasteiger partial charge is 0.0556 e. The van der Waals surface area contributed by atoms with Crippen LogP contribution in [0, 0.1) is 5.92 Å². The first kappa shape index (κ1) is 15.5. The topological polar surface area (TPSA) is 38.0 Å². The quantitative estimate of drug-likeness (QED) is 0.529. The number of hydrogen-bond acceptors (Lipinski definition) is 3. The van der Waals surface area contributed by atoms with Crippen molar-refractivity contribution >= 4 is 21.4 Å². The highest BCUT2D eigenvalue weighted by Crippen LogP contribution is 2.33. The normalized spacial score (nSPS) is 14.6. The Morgan fingerprint density at radius 3 is 2.70 bits per heavy atom. The van der Waals surface area contributed by atoms with Crippen LogP contribution in [-0.4, -0.2) is 0 Å². The van der Waals surface area contributed by atoms with Crippen molar-refractivity contribution in [1.82, 2.24) is 5.43 Å². The van der Waals surface area contributed by atoms with E-state index in [0.29, 0.717) is 0 Å². The maximum Gasteiger partial charge on any atom is 0.0556 e. The number of thiophene rings is 1. The first-order valence-corrected chi connectivity index (χ1v) is 8.54. The van der Waals surface area contributed by atoms with Crippen molar-refractivity contribution in [2.75, 3.05) is 0 Å². The van der Waals surface area contributed by atoms with Crippen molar-refractivity contribution < 1.29 is 0 Å². The first-order valence-electron chi connectivity index (χ1n) is 7.73. The van der Waals surface area contributed by atoms with Gasteiger partial charge in [0.05, 0.1) is 6.04 Å². The van der Waals surface area contributed by atoms with Gasteiger partial charge in [0.15, 0.2) is 0 Å². The number of fused-ring (bicyclic) bond motifs is 1. The van der Waals surface area contributed by atoms with E-state index in [1.165, 1.54) is 40.6 Å². The molecule has 0 bridgehead atoms. The van der Waals surface area contributed by atoms with E-state index in [1.807, 2.05) is 11.3 Å². The molecule has 1 aromatic carbocycles. The van der Waals surface area contributed by atoms with Gasteiger partial charge in [-0.25, -0.2) is 0 Å². The summed E-state index contributed by atoms with van der Waals surface area (Å²) in [5.74, 6) is 6.58. The number of unbranched alkanes of at least 4 members (excludes halogenated alkanes) is 1. The van der Waals surface area contributed by atoms with Crippen molar-refractivity contribution in [3.8, 4) is 0 Å². The second-order valence-electron chi connectivity index (χ2n) is 5.56. The maximum atomic E-state index is 5.81. The van der Waals surface area contributed by atoms with E-state index in [4.69, 9.17) is 5.84 Å². The van der Waals surface area contributed by atoms with Crippen molar-refractivity contribution in [2.45, 2.75) is 52.0 Å². The van der Waals surface area contributed by atoms with Crippen LogP contribution in [0.4, 0.5) is 0 Å². The zero-order chi connectivity index (χ0) is 14.4. The van der Waals surface area contributed by atoms with Gasteiger partial charge in [-0.1, -0.05) is 57.7 Å². The van der Waals surface area contributed by atoms with E-state index >= 15 is 0 Å².